The van der Waals surface area contributed by atoms with Crippen LogP contribution in [0.2, 0.25) is 15.2 Å². The maximum atomic E-state index is 15.3. The van der Waals surface area contributed by atoms with E-state index >= 15 is 4.39 Å². The van der Waals surface area contributed by atoms with Crippen LogP contribution in [-0.4, -0.2) is 25.2 Å². The Morgan fingerprint density at radius 2 is 1.77 bits per heavy atom. The first-order valence-corrected chi connectivity index (χ1v) is 12.9. The maximum Gasteiger partial charge on any atom is 0.271 e. The quantitative estimate of drug-likeness (QED) is 0.192. The van der Waals surface area contributed by atoms with Crippen LogP contribution >= 0.6 is 34.8 Å². The highest BCUT2D eigenvalue weighted by Crippen LogP contribution is 2.36. The summed E-state index contributed by atoms with van der Waals surface area (Å²) in [6.07, 6.45) is -0.0544. The molecule has 0 amide bonds. The number of benzene rings is 3. The molecule has 0 unspecified atom stereocenters. The molecule has 5 aromatic rings. The zero-order valence-corrected chi connectivity index (χ0v) is 23.0. The van der Waals surface area contributed by atoms with Gasteiger partial charge in [0.05, 0.1) is 29.6 Å². The van der Waals surface area contributed by atoms with Gasteiger partial charge in [0.1, 0.15) is 5.75 Å². The third-order valence-electron chi connectivity index (χ3n) is 5.21. The molecule has 0 saturated carbocycles. The smallest absolute Gasteiger partial charge is 0.271 e. The van der Waals surface area contributed by atoms with Crippen molar-refractivity contribution in [2.45, 2.75) is 26.8 Å². The SMILES string of the molecule is CC.N#Cc1cc(Cl)cc(Oc2c(Cl)ccc(Cc3nnc(-c4nnn(Cc5ccccc5)c4Cl)o3)c2F)c1. The summed E-state index contributed by atoms with van der Waals surface area (Å²) in [6, 6.07) is 18.9. The van der Waals surface area contributed by atoms with Gasteiger partial charge in [0.15, 0.2) is 22.4 Å². The summed E-state index contributed by atoms with van der Waals surface area (Å²) in [5.41, 5.74) is 1.65. The predicted molar refractivity (Wildman–Crippen MR) is 146 cm³/mol. The highest BCUT2D eigenvalue weighted by molar-refractivity contribution is 6.32. The minimum Gasteiger partial charge on any atom is -0.453 e. The topological polar surface area (TPSA) is 103 Å². The van der Waals surface area contributed by atoms with Crippen LogP contribution in [0, 0.1) is 17.1 Å². The second-order valence-corrected chi connectivity index (χ2v) is 8.99. The molecule has 3 aromatic carbocycles. The summed E-state index contributed by atoms with van der Waals surface area (Å²) in [5.74, 6) is -0.622. The van der Waals surface area contributed by atoms with Gasteiger partial charge in [0, 0.05) is 10.6 Å². The zero-order chi connectivity index (χ0) is 27.9. The van der Waals surface area contributed by atoms with Crippen molar-refractivity contribution < 1.29 is 13.5 Å². The van der Waals surface area contributed by atoms with Crippen molar-refractivity contribution in [3.8, 4) is 29.2 Å². The van der Waals surface area contributed by atoms with E-state index in [1.165, 1.54) is 35.0 Å². The van der Waals surface area contributed by atoms with Crippen molar-refractivity contribution in [3.63, 3.8) is 0 Å². The Kier molecular flexibility index (Phi) is 9.15. The fourth-order valence-electron chi connectivity index (χ4n) is 3.48. The molecule has 8 nitrogen and oxygen atoms in total. The van der Waals surface area contributed by atoms with E-state index in [-0.39, 0.29) is 61.7 Å². The van der Waals surface area contributed by atoms with Crippen LogP contribution in [0.5, 0.6) is 11.5 Å². The number of aromatic nitrogens is 5. The van der Waals surface area contributed by atoms with Crippen LogP contribution in [-0.2, 0) is 13.0 Å². The summed E-state index contributed by atoms with van der Waals surface area (Å²) in [6.45, 7) is 4.41. The van der Waals surface area contributed by atoms with E-state index in [4.69, 9.17) is 49.2 Å². The van der Waals surface area contributed by atoms with Gasteiger partial charge in [-0.1, -0.05) is 90.3 Å². The number of nitrogens with zero attached hydrogens (tertiary/aromatic N) is 6. The molecule has 0 aliphatic rings. The van der Waals surface area contributed by atoms with Crippen molar-refractivity contribution in [2.75, 3.05) is 0 Å². The van der Waals surface area contributed by atoms with Gasteiger partial charge in [-0.2, -0.15) is 5.26 Å². The lowest BCUT2D eigenvalue weighted by Crippen LogP contribution is -2.01. The van der Waals surface area contributed by atoms with Gasteiger partial charge in [-0.25, -0.2) is 9.07 Å². The average molecular weight is 586 g/mol. The number of nitriles is 1. The maximum absolute atomic E-state index is 15.3. The van der Waals surface area contributed by atoms with Crippen molar-refractivity contribution in [3.05, 3.63) is 104 Å². The number of hydrogen-bond acceptors (Lipinski definition) is 7. The van der Waals surface area contributed by atoms with Gasteiger partial charge in [0.2, 0.25) is 5.89 Å². The molecule has 0 bridgehead atoms. The largest absolute Gasteiger partial charge is 0.453 e. The highest BCUT2D eigenvalue weighted by Gasteiger charge is 2.21. The lowest BCUT2D eigenvalue weighted by molar-refractivity contribution is 0.437. The van der Waals surface area contributed by atoms with Gasteiger partial charge in [-0.15, -0.1) is 15.3 Å². The Morgan fingerprint density at radius 1 is 1.00 bits per heavy atom. The van der Waals surface area contributed by atoms with Crippen LogP contribution in [0.1, 0.15) is 36.4 Å². The first-order valence-electron chi connectivity index (χ1n) is 11.7. The van der Waals surface area contributed by atoms with Crippen molar-refractivity contribution >= 4 is 34.8 Å². The van der Waals surface area contributed by atoms with Gasteiger partial charge in [0.25, 0.3) is 5.89 Å². The molecule has 0 saturated heterocycles. The fraction of sp³-hybridized carbons (Fsp3) is 0.148. The molecule has 12 heteroatoms. The molecule has 0 radical (unpaired) electrons. The number of halogens is 4. The summed E-state index contributed by atoms with van der Waals surface area (Å²) >= 11 is 18.6. The molecule has 0 fully saturated rings. The van der Waals surface area contributed by atoms with Crippen molar-refractivity contribution in [1.29, 1.82) is 5.26 Å². The third-order valence-corrected chi connectivity index (χ3v) is 6.10. The highest BCUT2D eigenvalue weighted by atomic mass is 35.5. The average Bonchev–Trinajstić information content (AvgIpc) is 3.55. The van der Waals surface area contributed by atoms with Gasteiger partial charge >= 0.3 is 0 Å². The van der Waals surface area contributed by atoms with Gasteiger partial charge < -0.3 is 9.15 Å². The van der Waals surface area contributed by atoms with Gasteiger partial charge in [-0.05, 0) is 29.8 Å². The van der Waals surface area contributed by atoms with E-state index in [9.17, 15) is 0 Å². The molecule has 0 aliphatic heterocycles. The van der Waals surface area contributed by atoms with E-state index in [0.29, 0.717) is 6.54 Å². The molecule has 0 N–H and O–H groups in total. The Balaban J connectivity index is 0.00000172. The van der Waals surface area contributed by atoms with E-state index in [1.54, 1.807) is 0 Å². The lowest BCUT2D eigenvalue weighted by atomic mass is 10.1. The minimum absolute atomic E-state index is 0.0350. The van der Waals surface area contributed by atoms with Crippen LogP contribution < -0.4 is 4.74 Å². The molecular formula is C27H20Cl3FN6O2. The van der Waals surface area contributed by atoms with Crippen molar-refractivity contribution in [1.82, 2.24) is 25.2 Å². The monoisotopic (exact) mass is 584 g/mol. The second kappa shape index (κ2) is 12.7. The molecule has 0 spiro atoms. The minimum atomic E-state index is -0.724. The van der Waals surface area contributed by atoms with Crippen molar-refractivity contribution in [2.24, 2.45) is 0 Å². The molecule has 2 heterocycles. The Morgan fingerprint density at radius 3 is 2.51 bits per heavy atom. The first kappa shape index (κ1) is 28.0. The predicted octanol–water partition coefficient (Wildman–Crippen LogP) is 7.76. The van der Waals surface area contributed by atoms with Crippen LogP contribution in [0.4, 0.5) is 4.39 Å². The fourth-order valence-corrected chi connectivity index (χ4v) is 4.10. The van der Waals surface area contributed by atoms with Crippen LogP contribution in [0.25, 0.3) is 11.6 Å². The van der Waals surface area contributed by atoms with E-state index < -0.39 is 5.82 Å². The van der Waals surface area contributed by atoms with Gasteiger partial charge in [-0.3, -0.25) is 0 Å². The number of hydrogen-bond donors (Lipinski definition) is 0. The van der Waals surface area contributed by atoms with Crippen LogP contribution in [0.15, 0.2) is 65.1 Å². The molecule has 0 aliphatic carbocycles. The lowest BCUT2D eigenvalue weighted by Gasteiger charge is -2.11. The molecule has 2 aromatic heterocycles. The Labute approximate surface area is 238 Å². The summed E-state index contributed by atoms with van der Waals surface area (Å²) in [7, 11) is 0. The third kappa shape index (κ3) is 6.55. The Bertz CT molecular complexity index is 1630. The Hall–Kier alpha value is -3.97. The number of ether oxygens (including phenoxy) is 1. The van der Waals surface area contributed by atoms with E-state index in [0.717, 1.165) is 5.56 Å². The first-order chi connectivity index (χ1) is 18.9. The summed E-state index contributed by atoms with van der Waals surface area (Å²) in [4.78, 5) is 0. The summed E-state index contributed by atoms with van der Waals surface area (Å²) in [5, 5.41) is 25.7. The standard InChI is InChI=1S/C25H14Cl3FN6O2.C2H6/c26-17-8-15(12-30)9-18(11-17)36-23-19(27)7-6-16(21(23)29)10-20-31-33-25(37-20)22-24(28)35(34-32-22)13-14-4-2-1-3-5-14;1-2/h1-9,11H,10,13H2;1-2H3. The molecule has 198 valence electrons. The second-order valence-electron chi connectivity index (χ2n) is 7.79. The van der Waals surface area contributed by atoms with E-state index in [2.05, 4.69) is 20.5 Å². The summed E-state index contributed by atoms with van der Waals surface area (Å²) < 4.78 is 28.2. The zero-order valence-electron chi connectivity index (χ0n) is 20.7. The van der Waals surface area contributed by atoms with Crippen LogP contribution in [0.3, 0.4) is 0 Å². The number of rotatable bonds is 7. The normalized spacial score (nSPS) is 10.5. The molecule has 39 heavy (non-hydrogen) atoms. The molecule has 0 atom stereocenters. The molecule has 5 rings (SSSR count). The van der Waals surface area contributed by atoms with E-state index in [1.807, 2.05) is 50.2 Å². The molecular weight excluding hydrogens is 566 g/mol.